The third-order valence-electron chi connectivity index (χ3n) is 3.99. The SMILES string of the molecule is Cc1cnn(CCn2cc(-c3cccc(Cn4cccn4)c3)nn2)c1. The monoisotopic (exact) mass is 333 g/mol. The minimum absolute atomic E-state index is 0.737. The molecule has 4 rings (SSSR count). The van der Waals surface area contributed by atoms with Crippen molar-refractivity contribution < 1.29 is 0 Å². The maximum Gasteiger partial charge on any atom is 0.113 e. The molecule has 0 aliphatic rings. The van der Waals surface area contributed by atoms with Crippen molar-refractivity contribution in [1.29, 1.82) is 0 Å². The molecule has 7 heteroatoms. The Hall–Kier alpha value is -3.22. The van der Waals surface area contributed by atoms with E-state index in [0.29, 0.717) is 0 Å². The number of hydrogen-bond donors (Lipinski definition) is 0. The van der Waals surface area contributed by atoms with Crippen molar-refractivity contribution in [2.45, 2.75) is 26.6 Å². The molecule has 7 nitrogen and oxygen atoms in total. The lowest BCUT2D eigenvalue weighted by atomic mass is 10.1. The van der Waals surface area contributed by atoms with E-state index in [-0.39, 0.29) is 0 Å². The highest BCUT2D eigenvalue weighted by molar-refractivity contribution is 5.58. The van der Waals surface area contributed by atoms with Gasteiger partial charge >= 0.3 is 0 Å². The van der Waals surface area contributed by atoms with E-state index in [4.69, 9.17) is 0 Å². The smallest absolute Gasteiger partial charge is 0.113 e. The second kappa shape index (κ2) is 6.72. The molecule has 1 aromatic carbocycles. The Bertz CT molecular complexity index is 949. The molecule has 0 spiro atoms. The number of rotatable bonds is 6. The minimum Gasteiger partial charge on any atom is -0.271 e. The van der Waals surface area contributed by atoms with Crippen LogP contribution >= 0.6 is 0 Å². The van der Waals surface area contributed by atoms with Crippen LogP contribution in [-0.4, -0.2) is 34.6 Å². The molecule has 0 aliphatic carbocycles. The fraction of sp³-hybridized carbons (Fsp3) is 0.222. The first-order valence-electron chi connectivity index (χ1n) is 8.22. The van der Waals surface area contributed by atoms with E-state index in [2.05, 4.69) is 38.7 Å². The largest absolute Gasteiger partial charge is 0.271 e. The molecule has 0 fully saturated rings. The van der Waals surface area contributed by atoms with Gasteiger partial charge in [0.15, 0.2) is 0 Å². The highest BCUT2D eigenvalue weighted by atomic mass is 15.4. The minimum atomic E-state index is 0.737. The number of benzene rings is 1. The number of aryl methyl sites for hydroxylation is 3. The summed E-state index contributed by atoms with van der Waals surface area (Å²) in [5, 5.41) is 17.1. The third-order valence-corrected chi connectivity index (χ3v) is 3.99. The van der Waals surface area contributed by atoms with E-state index in [1.807, 2.05) is 57.9 Å². The van der Waals surface area contributed by atoms with Gasteiger partial charge < -0.3 is 0 Å². The van der Waals surface area contributed by atoms with Gasteiger partial charge in [-0.15, -0.1) is 5.10 Å². The van der Waals surface area contributed by atoms with Gasteiger partial charge in [0.1, 0.15) is 5.69 Å². The van der Waals surface area contributed by atoms with Crippen molar-refractivity contribution >= 4 is 0 Å². The van der Waals surface area contributed by atoms with E-state index >= 15 is 0 Å². The molecule has 0 amide bonds. The van der Waals surface area contributed by atoms with Crippen molar-refractivity contribution in [3.05, 3.63) is 72.4 Å². The summed E-state index contributed by atoms with van der Waals surface area (Å²) in [4.78, 5) is 0. The first-order chi connectivity index (χ1) is 12.3. The molecule has 0 atom stereocenters. The number of hydrogen-bond acceptors (Lipinski definition) is 4. The standard InChI is InChI=1S/C18H19N7/c1-15-11-20-24(12-15)8-9-25-14-18(21-22-25)17-5-2-4-16(10-17)13-23-7-3-6-19-23/h2-7,10-12,14H,8-9,13H2,1H3. The lowest BCUT2D eigenvalue weighted by molar-refractivity contribution is 0.489. The van der Waals surface area contributed by atoms with Crippen LogP contribution in [0.15, 0.2) is 61.3 Å². The maximum atomic E-state index is 4.30. The molecule has 0 N–H and O–H groups in total. The molecule has 0 radical (unpaired) electrons. The fourth-order valence-corrected chi connectivity index (χ4v) is 2.74. The van der Waals surface area contributed by atoms with E-state index in [0.717, 1.165) is 36.5 Å². The summed E-state index contributed by atoms with van der Waals surface area (Å²) >= 11 is 0. The zero-order chi connectivity index (χ0) is 17.1. The summed E-state index contributed by atoms with van der Waals surface area (Å²) in [7, 11) is 0. The molecule has 0 aliphatic heterocycles. The van der Waals surface area contributed by atoms with Crippen LogP contribution in [0.5, 0.6) is 0 Å². The number of nitrogens with zero attached hydrogens (tertiary/aromatic N) is 7. The average Bonchev–Trinajstić information content (AvgIpc) is 3.35. The van der Waals surface area contributed by atoms with Crippen molar-refractivity contribution in [3.8, 4) is 11.3 Å². The molecule has 0 unspecified atom stereocenters. The van der Waals surface area contributed by atoms with Crippen LogP contribution in [0.25, 0.3) is 11.3 Å². The van der Waals surface area contributed by atoms with Crippen molar-refractivity contribution in [3.63, 3.8) is 0 Å². The zero-order valence-electron chi connectivity index (χ0n) is 14.0. The van der Waals surface area contributed by atoms with Gasteiger partial charge in [0.25, 0.3) is 0 Å². The first kappa shape index (κ1) is 15.3. The van der Waals surface area contributed by atoms with Crippen LogP contribution in [0, 0.1) is 6.92 Å². The predicted octanol–water partition coefficient (Wildman–Crippen LogP) is 2.40. The van der Waals surface area contributed by atoms with E-state index in [1.54, 1.807) is 6.20 Å². The van der Waals surface area contributed by atoms with Crippen LogP contribution in [0.4, 0.5) is 0 Å². The van der Waals surface area contributed by atoms with Crippen LogP contribution in [-0.2, 0) is 19.6 Å². The van der Waals surface area contributed by atoms with Crippen molar-refractivity contribution in [1.82, 2.24) is 34.6 Å². The van der Waals surface area contributed by atoms with Crippen LogP contribution < -0.4 is 0 Å². The molecule has 0 saturated heterocycles. The van der Waals surface area contributed by atoms with Gasteiger partial charge in [-0.2, -0.15) is 10.2 Å². The fourth-order valence-electron chi connectivity index (χ4n) is 2.74. The van der Waals surface area contributed by atoms with Crippen molar-refractivity contribution in [2.75, 3.05) is 0 Å². The van der Waals surface area contributed by atoms with Crippen molar-refractivity contribution in [2.24, 2.45) is 0 Å². The van der Waals surface area contributed by atoms with E-state index < -0.39 is 0 Å². The highest BCUT2D eigenvalue weighted by Crippen LogP contribution is 2.18. The van der Waals surface area contributed by atoms with Gasteiger partial charge in [-0.05, 0) is 30.2 Å². The Morgan fingerprint density at radius 3 is 2.68 bits per heavy atom. The van der Waals surface area contributed by atoms with Crippen LogP contribution in [0.1, 0.15) is 11.1 Å². The molecular weight excluding hydrogens is 314 g/mol. The molecule has 4 aromatic rings. The summed E-state index contributed by atoms with van der Waals surface area (Å²) in [6, 6.07) is 10.2. The molecule has 25 heavy (non-hydrogen) atoms. The zero-order valence-corrected chi connectivity index (χ0v) is 14.0. The van der Waals surface area contributed by atoms with E-state index in [9.17, 15) is 0 Å². The van der Waals surface area contributed by atoms with Crippen LogP contribution in [0.3, 0.4) is 0 Å². The Morgan fingerprint density at radius 2 is 1.88 bits per heavy atom. The Labute approximate surface area is 145 Å². The van der Waals surface area contributed by atoms with Gasteiger partial charge in [0, 0.05) is 24.2 Å². The topological polar surface area (TPSA) is 66.3 Å². The second-order valence-corrected chi connectivity index (χ2v) is 6.05. The summed E-state index contributed by atoms with van der Waals surface area (Å²) in [6.07, 6.45) is 9.61. The Morgan fingerprint density at radius 1 is 0.960 bits per heavy atom. The van der Waals surface area contributed by atoms with Gasteiger partial charge in [0.2, 0.25) is 0 Å². The summed E-state index contributed by atoms with van der Waals surface area (Å²) < 4.78 is 5.68. The molecule has 0 bridgehead atoms. The average molecular weight is 333 g/mol. The lowest BCUT2D eigenvalue weighted by Crippen LogP contribution is -2.08. The molecular formula is C18H19N7. The maximum absolute atomic E-state index is 4.30. The van der Waals surface area contributed by atoms with E-state index in [1.165, 1.54) is 5.56 Å². The Balaban J connectivity index is 1.46. The van der Waals surface area contributed by atoms with Gasteiger partial charge in [0.05, 0.1) is 32.0 Å². The van der Waals surface area contributed by atoms with Gasteiger partial charge in [-0.25, -0.2) is 0 Å². The molecule has 3 heterocycles. The van der Waals surface area contributed by atoms with Gasteiger partial charge in [-0.1, -0.05) is 23.4 Å². The molecule has 0 saturated carbocycles. The third kappa shape index (κ3) is 3.65. The molecule has 3 aromatic heterocycles. The predicted molar refractivity (Wildman–Crippen MR) is 93.8 cm³/mol. The highest BCUT2D eigenvalue weighted by Gasteiger charge is 2.06. The summed E-state index contributed by atoms with van der Waals surface area (Å²) in [5.74, 6) is 0. The Kier molecular flexibility index (Phi) is 4.12. The molecule has 126 valence electrons. The number of aromatic nitrogens is 7. The summed E-state index contributed by atoms with van der Waals surface area (Å²) in [5.41, 5.74) is 4.28. The van der Waals surface area contributed by atoms with Gasteiger partial charge in [-0.3, -0.25) is 14.0 Å². The normalized spacial score (nSPS) is 11.1. The van der Waals surface area contributed by atoms with Crippen LogP contribution in [0.2, 0.25) is 0 Å². The lowest BCUT2D eigenvalue weighted by Gasteiger charge is -2.04. The second-order valence-electron chi connectivity index (χ2n) is 6.05. The summed E-state index contributed by atoms with van der Waals surface area (Å²) in [6.45, 7) is 4.29. The quantitative estimate of drug-likeness (QED) is 0.543. The first-order valence-corrected chi connectivity index (χ1v) is 8.22.